The third-order valence-electron chi connectivity index (χ3n) is 3.34. The van der Waals surface area contributed by atoms with Gasteiger partial charge in [-0.3, -0.25) is 4.79 Å². The standard InChI is InChI=1S/C16H31NOS3/c1-12(2)10-8-9-11-15(3,4)17-13(18)16(5,6)21-14(19)20-7/h12H,8-11H2,1-7H3,(H,17,18). The third-order valence-corrected chi connectivity index (χ3v) is 6.03. The average molecular weight is 350 g/mol. The second-order valence-electron chi connectivity index (χ2n) is 7.04. The van der Waals surface area contributed by atoms with E-state index in [0.29, 0.717) is 0 Å². The van der Waals surface area contributed by atoms with Gasteiger partial charge in [0, 0.05) is 5.54 Å². The molecule has 0 rings (SSSR count). The van der Waals surface area contributed by atoms with Crippen molar-refractivity contribution in [2.24, 2.45) is 5.92 Å². The summed E-state index contributed by atoms with van der Waals surface area (Å²) in [7, 11) is 0. The molecule has 124 valence electrons. The highest BCUT2D eigenvalue weighted by Gasteiger charge is 2.33. The number of carbonyl (C=O) groups is 1. The van der Waals surface area contributed by atoms with Gasteiger partial charge in [-0.05, 0) is 46.3 Å². The summed E-state index contributed by atoms with van der Waals surface area (Å²) in [6, 6.07) is 0. The fraction of sp³-hybridized carbons (Fsp3) is 0.875. The summed E-state index contributed by atoms with van der Waals surface area (Å²) in [6.07, 6.45) is 6.60. The van der Waals surface area contributed by atoms with E-state index in [-0.39, 0.29) is 11.4 Å². The van der Waals surface area contributed by atoms with E-state index in [4.69, 9.17) is 12.2 Å². The molecule has 0 aromatic carbocycles. The molecule has 0 saturated carbocycles. The first-order chi connectivity index (χ1) is 9.50. The maximum atomic E-state index is 12.5. The second-order valence-corrected chi connectivity index (χ2v) is 10.7. The van der Waals surface area contributed by atoms with Gasteiger partial charge in [-0.1, -0.05) is 57.1 Å². The topological polar surface area (TPSA) is 29.1 Å². The van der Waals surface area contributed by atoms with Gasteiger partial charge in [-0.25, -0.2) is 0 Å². The molecule has 0 aliphatic rings. The predicted molar refractivity (Wildman–Crippen MR) is 103 cm³/mol. The molecule has 5 heteroatoms. The van der Waals surface area contributed by atoms with Gasteiger partial charge in [0.15, 0.2) is 0 Å². The predicted octanol–water partition coefficient (Wildman–Crippen LogP) is 5.26. The lowest BCUT2D eigenvalue weighted by molar-refractivity contribution is -0.124. The van der Waals surface area contributed by atoms with Crippen LogP contribution in [0, 0.1) is 5.92 Å². The van der Waals surface area contributed by atoms with Crippen LogP contribution < -0.4 is 5.32 Å². The summed E-state index contributed by atoms with van der Waals surface area (Å²) >= 11 is 8.21. The molecule has 0 heterocycles. The third kappa shape index (κ3) is 9.80. The van der Waals surface area contributed by atoms with Crippen LogP contribution in [0.3, 0.4) is 0 Å². The molecule has 0 unspecified atom stereocenters. The molecule has 0 radical (unpaired) electrons. The van der Waals surface area contributed by atoms with Gasteiger partial charge in [0.2, 0.25) is 5.91 Å². The highest BCUT2D eigenvalue weighted by molar-refractivity contribution is 8.47. The lowest BCUT2D eigenvalue weighted by atomic mass is 9.94. The summed E-state index contributed by atoms with van der Waals surface area (Å²) in [5, 5.41) is 3.19. The molecule has 0 fully saturated rings. The number of hydrogen-bond donors (Lipinski definition) is 1. The van der Waals surface area contributed by atoms with Gasteiger partial charge in [0.25, 0.3) is 0 Å². The first-order valence-corrected chi connectivity index (χ1v) is 10.0. The van der Waals surface area contributed by atoms with Gasteiger partial charge in [-0.15, -0.1) is 11.8 Å². The minimum absolute atomic E-state index is 0.0674. The van der Waals surface area contributed by atoms with Crippen molar-refractivity contribution >= 4 is 45.2 Å². The fourth-order valence-corrected chi connectivity index (χ4v) is 4.08. The summed E-state index contributed by atoms with van der Waals surface area (Å²) < 4.78 is 0.292. The van der Waals surface area contributed by atoms with Crippen molar-refractivity contribution in [1.82, 2.24) is 5.32 Å². The van der Waals surface area contributed by atoms with E-state index in [1.54, 1.807) is 0 Å². The molecule has 0 saturated heterocycles. The Morgan fingerprint density at radius 1 is 1.19 bits per heavy atom. The van der Waals surface area contributed by atoms with Crippen LogP contribution in [0.4, 0.5) is 0 Å². The van der Waals surface area contributed by atoms with Gasteiger partial charge < -0.3 is 5.32 Å². The molecular weight excluding hydrogens is 318 g/mol. The number of amides is 1. The van der Waals surface area contributed by atoms with E-state index in [9.17, 15) is 4.79 Å². The van der Waals surface area contributed by atoms with Crippen molar-refractivity contribution in [3.05, 3.63) is 0 Å². The molecule has 0 spiro atoms. The zero-order valence-electron chi connectivity index (χ0n) is 14.5. The van der Waals surface area contributed by atoms with Gasteiger partial charge in [0.05, 0.1) is 4.75 Å². The van der Waals surface area contributed by atoms with Gasteiger partial charge in [-0.2, -0.15) is 0 Å². The normalized spacial score (nSPS) is 12.6. The van der Waals surface area contributed by atoms with Crippen molar-refractivity contribution in [2.45, 2.75) is 77.5 Å². The summed E-state index contributed by atoms with van der Waals surface area (Å²) in [6.45, 7) is 12.6. The van der Waals surface area contributed by atoms with Crippen molar-refractivity contribution in [3.8, 4) is 0 Å². The number of rotatable bonds is 8. The largest absolute Gasteiger partial charge is 0.350 e. The van der Waals surface area contributed by atoms with Gasteiger partial charge >= 0.3 is 0 Å². The van der Waals surface area contributed by atoms with Crippen LogP contribution in [0.15, 0.2) is 0 Å². The molecule has 0 bridgehead atoms. The molecule has 0 aromatic heterocycles. The molecule has 0 aliphatic heterocycles. The van der Waals surface area contributed by atoms with Crippen molar-refractivity contribution in [1.29, 1.82) is 0 Å². The molecule has 21 heavy (non-hydrogen) atoms. The van der Waals surface area contributed by atoms with Gasteiger partial charge in [0.1, 0.15) is 3.53 Å². The highest BCUT2D eigenvalue weighted by atomic mass is 32.2. The van der Waals surface area contributed by atoms with Crippen LogP contribution in [-0.2, 0) is 4.79 Å². The Morgan fingerprint density at radius 2 is 1.76 bits per heavy atom. The molecule has 1 N–H and O–H groups in total. The first-order valence-electron chi connectivity index (χ1n) is 7.60. The second kappa shape index (κ2) is 9.41. The SMILES string of the molecule is CSC(=S)SC(C)(C)C(=O)NC(C)(C)CCCCC(C)C. The zero-order chi connectivity index (χ0) is 16.7. The molecule has 2 nitrogen and oxygen atoms in total. The monoisotopic (exact) mass is 349 g/mol. The average Bonchev–Trinajstić information content (AvgIpc) is 2.33. The molecule has 0 aliphatic carbocycles. The summed E-state index contributed by atoms with van der Waals surface area (Å²) in [5.74, 6) is 0.823. The van der Waals surface area contributed by atoms with Crippen LogP contribution in [0.2, 0.25) is 0 Å². The number of hydrogen-bond acceptors (Lipinski definition) is 4. The van der Waals surface area contributed by atoms with Crippen LogP contribution in [0.5, 0.6) is 0 Å². The molecule has 1 amide bonds. The van der Waals surface area contributed by atoms with E-state index in [1.807, 2.05) is 20.1 Å². The van der Waals surface area contributed by atoms with Crippen LogP contribution in [0.1, 0.15) is 67.2 Å². The summed E-state index contributed by atoms with van der Waals surface area (Å²) in [4.78, 5) is 12.5. The Kier molecular flexibility index (Phi) is 9.53. The van der Waals surface area contributed by atoms with Crippen LogP contribution in [0.25, 0.3) is 0 Å². The smallest absolute Gasteiger partial charge is 0.236 e. The van der Waals surface area contributed by atoms with E-state index < -0.39 is 4.75 Å². The molecule has 0 aromatic rings. The Morgan fingerprint density at radius 3 is 2.24 bits per heavy atom. The fourth-order valence-electron chi connectivity index (χ4n) is 1.94. The van der Waals surface area contributed by atoms with E-state index in [0.717, 1.165) is 22.3 Å². The quantitative estimate of drug-likeness (QED) is 0.478. The number of nitrogens with one attached hydrogen (secondary N) is 1. The molecular formula is C16H31NOS3. The Labute approximate surface area is 145 Å². The Balaban J connectivity index is 4.35. The number of unbranched alkanes of at least 4 members (excludes halogenated alkanes) is 1. The lowest BCUT2D eigenvalue weighted by Gasteiger charge is -2.32. The van der Waals surface area contributed by atoms with E-state index in [2.05, 4.69) is 33.0 Å². The highest BCUT2D eigenvalue weighted by Crippen LogP contribution is 2.31. The number of carbonyl (C=O) groups excluding carboxylic acids is 1. The van der Waals surface area contributed by atoms with E-state index >= 15 is 0 Å². The lowest BCUT2D eigenvalue weighted by Crippen LogP contribution is -2.50. The summed E-state index contributed by atoms with van der Waals surface area (Å²) in [5.41, 5.74) is -0.160. The Hall–Kier alpha value is 0.260. The molecule has 0 atom stereocenters. The Bertz CT molecular complexity index is 351. The van der Waals surface area contributed by atoms with Crippen molar-refractivity contribution in [3.63, 3.8) is 0 Å². The maximum absolute atomic E-state index is 12.5. The maximum Gasteiger partial charge on any atom is 0.236 e. The first kappa shape index (κ1) is 21.3. The minimum atomic E-state index is -0.519. The van der Waals surface area contributed by atoms with E-state index in [1.165, 1.54) is 36.4 Å². The van der Waals surface area contributed by atoms with Crippen LogP contribution >= 0.6 is 35.7 Å². The number of thiocarbonyl (C=S) groups is 1. The number of thioether (sulfide) groups is 2. The van der Waals surface area contributed by atoms with Crippen molar-refractivity contribution < 1.29 is 4.79 Å². The van der Waals surface area contributed by atoms with Crippen molar-refractivity contribution in [2.75, 3.05) is 6.26 Å². The van der Waals surface area contributed by atoms with Crippen LogP contribution in [-0.4, -0.2) is 26.0 Å². The minimum Gasteiger partial charge on any atom is -0.350 e. The zero-order valence-corrected chi connectivity index (χ0v) is 17.0.